The molecule has 0 aliphatic rings. The molecule has 0 saturated heterocycles. The highest BCUT2D eigenvalue weighted by molar-refractivity contribution is 6.17. The van der Waals surface area contributed by atoms with Crippen LogP contribution < -0.4 is 9.47 Å². The third-order valence-corrected chi connectivity index (χ3v) is 5.20. The molecule has 3 aromatic rings. The number of methoxy groups -OCH3 is 2. The number of carbonyl (C=O) groups is 2. The number of aromatic nitrogens is 1. The number of fused-ring (bicyclic) bond motifs is 1. The van der Waals surface area contributed by atoms with E-state index in [0.717, 1.165) is 10.9 Å². The first-order valence-electron chi connectivity index (χ1n) is 10.0. The summed E-state index contributed by atoms with van der Waals surface area (Å²) >= 11 is 0. The van der Waals surface area contributed by atoms with Gasteiger partial charge in [-0.3, -0.25) is 9.59 Å². The minimum absolute atomic E-state index is 0.0127. The minimum atomic E-state index is -0.354. The van der Waals surface area contributed by atoms with Crippen LogP contribution in [0.15, 0.2) is 42.5 Å². The van der Waals surface area contributed by atoms with E-state index in [-0.39, 0.29) is 18.3 Å². The predicted molar refractivity (Wildman–Crippen MR) is 119 cm³/mol. The molecule has 3 rings (SSSR count). The highest BCUT2D eigenvalue weighted by Gasteiger charge is 2.23. The summed E-state index contributed by atoms with van der Waals surface area (Å²) in [5, 5.41) is 0.764. The Balaban J connectivity index is 2.00. The van der Waals surface area contributed by atoms with Crippen molar-refractivity contribution in [2.24, 2.45) is 0 Å². The van der Waals surface area contributed by atoms with Crippen molar-refractivity contribution in [1.29, 1.82) is 0 Å². The average Bonchev–Trinajstić information content (AvgIpc) is 3.03. The molecule has 0 atom stereocenters. The predicted octanol–water partition coefficient (Wildman–Crippen LogP) is 3.30. The number of rotatable bonds is 9. The maximum Gasteiger partial charge on any atom is 0.326 e. The van der Waals surface area contributed by atoms with Crippen LogP contribution in [0.25, 0.3) is 10.9 Å². The molecule has 0 fully saturated rings. The van der Waals surface area contributed by atoms with Gasteiger partial charge in [0.15, 0.2) is 5.78 Å². The van der Waals surface area contributed by atoms with Gasteiger partial charge in [-0.05, 0) is 57.4 Å². The lowest BCUT2D eigenvalue weighted by molar-refractivity contribution is -0.144. The molecule has 0 spiro atoms. The van der Waals surface area contributed by atoms with Gasteiger partial charge in [0.1, 0.15) is 24.7 Å². The monoisotopic (exact) mass is 424 g/mol. The molecule has 0 radical (unpaired) electrons. The SMILES string of the molecule is COc1ccc(C(=O)c2c(C)n(CC(=O)OCCN(C)C)c3cc(OC)ccc23)cc1. The maximum absolute atomic E-state index is 13.4. The van der Waals surface area contributed by atoms with E-state index >= 15 is 0 Å². The van der Waals surface area contributed by atoms with Gasteiger partial charge in [0.25, 0.3) is 0 Å². The zero-order valence-electron chi connectivity index (χ0n) is 18.6. The Kier molecular flexibility index (Phi) is 6.97. The molecule has 7 nitrogen and oxygen atoms in total. The fourth-order valence-corrected chi connectivity index (χ4v) is 3.48. The van der Waals surface area contributed by atoms with Gasteiger partial charge in [-0.2, -0.15) is 0 Å². The van der Waals surface area contributed by atoms with Crippen molar-refractivity contribution < 1.29 is 23.8 Å². The summed E-state index contributed by atoms with van der Waals surface area (Å²) in [4.78, 5) is 27.8. The zero-order valence-corrected chi connectivity index (χ0v) is 18.6. The summed E-state index contributed by atoms with van der Waals surface area (Å²) in [7, 11) is 7.00. The van der Waals surface area contributed by atoms with Gasteiger partial charge in [-0.1, -0.05) is 0 Å². The van der Waals surface area contributed by atoms with Crippen LogP contribution in [-0.4, -0.2) is 62.7 Å². The number of ether oxygens (including phenoxy) is 3. The zero-order chi connectivity index (χ0) is 22.5. The van der Waals surface area contributed by atoms with Crippen LogP contribution in [0, 0.1) is 6.92 Å². The lowest BCUT2D eigenvalue weighted by Gasteiger charge is -2.12. The number of benzene rings is 2. The van der Waals surface area contributed by atoms with Gasteiger partial charge in [-0.25, -0.2) is 0 Å². The Bertz CT molecular complexity index is 1080. The van der Waals surface area contributed by atoms with E-state index in [2.05, 4.69) is 0 Å². The minimum Gasteiger partial charge on any atom is -0.497 e. The van der Waals surface area contributed by atoms with Gasteiger partial charge in [-0.15, -0.1) is 0 Å². The van der Waals surface area contributed by atoms with Crippen molar-refractivity contribution in [2.75, 3.05) is 41.5 Å². The fraction of sp³-hybridized carbons (Fsp3) is 0.333. The number of nitrogens with zero attached hydrogens (tertiary/aromatic N) is 2. The molecule has 0 unspecified atom stereocenters. The number of likely N-dealkylation sites (N-methyl/N-ethyl adjacent to an activating group) is 1. The van der Waals surface area contributed by atoms with Gasteiger partial charge < -0.3 is 23.7 Å². The molecule has 0 bridgehead atoms. The van der Waals surface area contributed by atoms with E-state index in [0.29, 0.717) is 41.5 Å². The molecular formula is C24H28N2O5. The van der Waals surface area contributed by atoms with E-state index in [1.807, 2.05) is 48.7 Å². The molecule has 31 heavy (non-hydrogen) atoms. The van der Waals surface area contributed by atoms with Crippen LogP contribution in [0.4, 0.5) is 0 Å². The lowest BCUT2D eigenvalue weighted by atomic mass is 10.0. The highest BCUT2D eigenvalue weighted by Crippen LogP contribution is 2.31. The first kappa shape index (κ1) is 22.4. The molecule has 164 valence electrons. The van der Waals surface area contributed by atoms with E-state index in [4.69, 9.17) is 14.2 Å². The fourth-order valence-electron chi connectivity index (χ4n) is 3.48. The third kappa shape index (κ3) is 4.88. The summed E-state index contributed by atoms with van der Waals surface area (Å²) in [6.07, 6.45) is 0. The second-order valence-electron chi connectivity index (χ2n) is 7.51. The molecule has 0 aliphatic heterocycles. The normalized spacial score (nSPS) is 11.0. The first-order chi connectivity index (χ1) is 14.8. The molecule has 0 aliphatic carbocycles. The van der Waals surface area contributed by atoms with Gasteiger partial charge in [0, 0.05) is 29.3 Å². The Morgan fingerprint density at radius 2 is 1.61 bits per heavy atom. The Morgan fingerprint density at radius 1 is 0.968 bits per heavy atom. The number of ketones is 1. The molecule has 0 saturated carbocycles. The van der Waals surface area contributed by atoms with Crippen molar-refractivity contribution in [1.82, 2.24) is 9.47 Å². The van der Waals surface area contributed by atoms with Crippen LogP contribution in [-0.2, 0) is 16.1 Å². The summed E-state index contributed by atoms with van der Waals surface area (Å²) in [5.41, 5.74) is 2.56. The largest absolute Gasteiger partial charge is 0.497 e. The number of hydrogen-bond acceptors (Lipinski definition) is 6. The van der Waals surface area contributed by atoms with Gasteiger partial charge in [0.05, 0.1) is 25.3 Å². The summed E-state index contributed by atoms with van der Waals surface area (Å²) in [6.45, 7) is 2.81. The Hall–Kier alpha value is -3.32. The number of hydrogen-bond donors (Lipinski definition) is 0. The van der Waals surface area contributed by atoms with E-state index in [9.17, 15) is 9.59 Å². The van der Waals surface area contributed by atoms with Crippen LogP contribution in [0.1, 0.15) is 21.6 Å². The van der Waals surface area contributed by atoms with Gasteiger partial charge in [0.2, 0.25) is 0 Å². The Morgan fingerprint density at radius 3 is 2.23 bits per heavy atom. The first-order valence-corrected chi connectivity index (χ1v) is 10.0. The average molecular weight is 424 g/mol. The topological polar surface area (TPSA) is 70.0 Å². The smallest absolute Gasteiger partial charge is 0.326 e. The van der Waals surface area contributed by atoms with Gasteiger partial charge >= 0.3 is 5.97 Å². The summed E-state index contributed by atoms with van der Waals surface area (Å²) in [6, 6.07) is 12.5. The summed E-state index contributed by atoms with van der Waals surface area (Å²) < 4.78 is 17.7. The molecule has 0 N–H and O–H groups in total. The van der Waals surface area contributed by atoms with Crippen LogP contribution in [0.5, 0.6) is 11.5 Å². The lowest BCUT2D eigenvalue weighted by Crippen LogP contribution is -2.22. The van der Waals surface area contributed by atoms with E-state index in [1.54, 1.807) is 38.5 Å². The quantitative estimate of drug-likeness (QED) is 0.388. The molecular weight excluding hydrogens is 396 g/mol. The number of carbonyl (C=O) groups excluding carboxylic acids is 2. The molecule has 1 aromatic heterocycles. The standard InChI is InChI=1S/C24H28N2O5/c1-16-23(24(28)17-6-8-18(29-4)9-7-17)20-11-10-19(30-5)14-21(20)26(16)15-22(27)31-13-12-25(2)3/h6-11,14H,12-13,15H2,1-5H3. The van der Waals surface area contributed by atoms with Crippen LogP contribution in [0.3, 0.4) is 0 Å². The second kappa shape index (κ2) is 9.66. The molecule has 7 heteroatoms. The summed E-state index contributed by atoms with van der Waals surface area (Å²) in [5.74, 6) is 0.861. The maximum atomic E-state index is 13.4. The second-order valence-corrected chi connectivity index (χ2v) is 7.51. The van der Waals surface area contributed by atoms with Crippen molar-refractivity contribution in [3.63, 3.8) is 0 Å². The van der Waals surface area contributed by atoms with E-state index < -0.39 is 0 Å². The molecule has 1 heterocycles. The van der Waals surface area contributed by atoms with Crippen molar-refractivity contribution in [3.05, 3.63) is 59.3 Å². The third-order valence-electron chi connectivity index (χ3n) is 5.20. The van der Waals surface area contributed by atoms with Crippen molar-refractivity contribution in [2.45, 2.75) is 13.5 Å². The van der Waals surface area contributed by atoms with E-state index in [1.165, 1.54) is 0 Å². The number of esters is 1. The van der Waals surface area contributed by atoms with Crippen LogP contribution >= 0.6 is 0 Å². The van der Waals surface area contributed by atoms with Crippen molar-refractivity contribution in [3.8, 4) is 11.5 Å². The molecule has 2 aromatic carbocycles. The highest BCUT2D eigenvalue weighted by atomic mass is 16.5. The Labute approximate surface area is 182 Å². The van der Waals surface area contributed by atoms with Crippen LogP contribution in [0.2, 0.25) is 0 Å². The molecule has 0 amide bonds. The van der Waals surface area contributed by atoms with Crippen molar-refractivity contribution >= 4 is 22.7 Å².